The number of amides is 1. The summed E-state index contributed by atoms with van der Waals surface area (Å²) in [4.78, 5) is 22.0. The van der Waals surface area contributed by atoms with E-state index in [1.165, 1.54) is 0 Å². The van der Waals surface area contributed by atoms with E-state index in [0.717, 1.165) is 48.9 Å². The van der Waals surface area contributed by atoms with Gasteiger partial charge in [0.2, 0.25) is 5.91 Å². The molecule has 1 aromatic heterocycles. The third kappa shape index (κ3) is 3.24. The van der Waals surface area contributed by atoms with Gasteiger partial charge in [0.25, 0.3) is 0 Å². The fourth-order valence-corrected chi connectivity index (χ4v) is 3.77. The molecule has 2 N–H and O–H groups in total. The predicted molar refractivity (Wildman–Crippen MR) is 105 cm³/mol. The summed E-state index contributed by atoms with van der Waals surface area (Å²) >= 11 is 0. The van der Waals surface area contributed by atoms with Crippen molar-refractivity contribution in [1.29, 1.82) is 0 Å². The molecule has 0 spiro atoms. The van der Waals surface area contributed by atoms with Crippen molar-refractivity contribution < 1.29 is 4.79 Å². The number of likely N-dealkylation sites (N-methyl/N-ethyl adjacent to an activating group) is 1. The minimum Gasteiger partial charge on any atom is -0.381 e. The lowest BCUT2D eigenvalue weighted by Crippen LogP contribution is -2.44. The highest BCUT2D eigenvalue weighted by atomic mass is 16.2. The van der Waals surface area contributed by atoms with E-state index in [1.807, 2.05) is 43.3 Å². The summed E-state index contributed by atoms with van der Waals surface area (Å²) in [6.45, 7) is 6.10. The maximum atomic E-state index is 12.8. The Kier molecular flexibility index (Phi) is 4.51. The van der Waals surface area contributed by atoms with E-state index in [0.29, 0.717) is 0 Å². The third-order valence-corrected chi connectivity index (χ3v) is 5.30. The van der Waals surface area contributed by atoms with Crippen LogP contribution in [0.5, 0.6) is 0 Å². The summed E-state index contributed by atoms with van der Waals surface area (Å²) < 4.78 is 0. The molecule has 3 heterocycles. The van der Waals surface area contributed by atoms with Crippen LogP contribution in [0, 0.1) is 0 Å². The molecule has 2 aliphatic rings. The zero-order chi connectivity index (χ0) is 18.1. The average molecular weight is 351 g/mol. The lowest BCUT2D eigenvalue weighted by atomic mass is 9.95. The molecule has 6 heteroatoms. The van der Waals surface area contributed by atoms with Gasteiger partial charge in [0.1, 0.15) is 5.82 Å². The number of hydrogen-bond donors (Lipinski definition) is 2. The number of rotatable bonds is 3. The van der Waals surface area contributed by atoms with Crippen molar-refractivity contribution in [1.82, 2.24) is 9.88 Å². The molecule has 1 amide bonds. The predicted octanol–water partition coefficient (Wildman–Crippen LogP) is 2.37. The molecule has 2 unspecified atom stereocenters. The average Bonchev–Trinajstić information content (AvgIpc) is 2.99. The Morgan fingerprint density at radius 2 is 1.92 bits per heavy atom. The van der Waals surface area contributed by atoms with Gasteiger partial charge in [0.05, 0.1) is 17.8 Å². The van der Waals surface area contributed by atoms with E-state index in [9.17, 15) is 4.79 Å². The lowest BCUT2D eigenvalue weighted by molar-refractivity contribution is -0.117. The van der Waals surface area contributed by atoms with Crippen LogP contribution in [-0.2, 0) is 4.79 Å². The van der Waals surface area contributed by atoms with Crippen LogP contribution in [0.15, 0.2) is 42.6 Å². The molecule has 136 valence electrons. The number of fused-ring (bicyclic) bond motifs is 1. The Morgan fingerprint density at radius 3 is 2.65 bits per heavy atom. The van der Waals surface area contributed by atoms with Gasteiger partial charge >= 0.3 is 0 Å². The fourth-order valence-electron chi connectivity index (χ4n) is 3.77. The number of hydrogen-bond acceptors (Lipinski definition) is 5. The quantitative estimate of drug-likeness (QED) is 0.889. The Balaban J connectivity index is 1.44. The maximum Gasteiger partial charge on any atom is 0.234 e. The van der Waals surface area contributed by atoms with Crippen molar-refractivity contribution in [3.63, 3.8) is 0 Å². The van der Waals surface area contributed by atoms with Crippen LogP contribution in [0.1, 0.15) is 18.4 Å². The first-order chi connectivity index (χ1) is 12.6. The third-order valence-electron chi connectivity index (χ3n) is 5.30. The summed E-state index contributed by atoms with van der Waals surface area (Å²) in [7, 11) is 2.14. The number of piperazine rings is 1. The van der Waals surface area contributed by atoms with Crippen molar-refractivity contribution in [3.8, 4) is 0 Å². The van der Waals surface area contributed by atoms with Gasteiger partial charge in [-0.25, -0.2) is 4.98 Å². The van der Waals surface area contributed by atoms with Gasteiger partial charge in [-0.3, -0.25) is 4.79 Å². The molecular weight excluding hydrogens is 326 g/mol. The number of pyridine rings is 1. The topological polar surface area (TPSA) is 60.5 Å². The van der Waals surface area contributed by atoms with Gasteiger partial charge in [-0.2, -0.15) is 0 Å². The Bertz CT molecular complexity index is 783. The molecule has 0 aliphatic carbocycles. The number of benzene rings is 1. The number of anilines is 3. The molecule has 0 saturated carbocycles. The zero-order valence-electron chi connectivity index (χ0n) is 15.3. The van der Waals surface area contributed by atoms with Gasteiger partial charge in [-0.05, 0) is 37.7 Å². The van der Waals surface area contributed by atoms with E-state index in [4.69, 9.17) is 0 Å². The van der Waals surface area contributed by atoms with E-state index in [2.05, 4.69) is 32.5 Å². The number of carbonyl (C=O) groups is 1. The Labute approximate surface area is 154 Å². The molecule has 1 fully saturated rings. The monoisotopic (exact) mass is 351 g/mol. The van der Waals surface area contributed by atoms with E-state index in [1.54, 1.807) is 6.20 Å². The zero-order valence-corrected chi connectivity index (χ0v) is 15.3. The summed E-state index contributed by atoms with van der Waals surface area (Å²) in [5.41, 5.74) is 2.84. The minimum atomic E-state index is -0.191. The first kappa shape index (κ1) is 16.8. The van der Waals surface area contributed by atoms with Crippen molar-refractivity contribution in [2.24, 2.45) is 0 Å². The number of aromatic nitrogens is 1. The molecular formula is C20H25N5O. The van der Waals surface area contributed by atoms with Crippen LogP contribution in [0.4, 0.5) is 17.2 Å². The smallest absolute Gasteiger partial charge is 0.234 e. The first-order valence-electron chi connectivity index (χ1n) is 9.18. The standard InChI is InChI=1S/C20H25N5O/c1-14-19(16-5-3-4-6-17(16)22-14)20(26)23-15-7-8-18(21-13-15)25-11-9-24(2)10-12-25/h3-8,13-14,19,22H,9-12H2,1-2H3,(H,23,26). The minimum absolute atomic E-state index is 0.00379. The van der Waals surface area contributed by atoms with Crippen LogP contribution >= 0.6 is 0 Å². The van der Waals surface area contributed by atoms with Crippen LogP contribution in [-0.4, -0.2) is 55.1 Å². The van der Waals surface area contributed by atoms with E-state index in [-0.39, 0.29) is 17.9 Å². The molecule has 1 aromatic carbocycles. The fraction of sp³-hybridized carbons (Fsp3) is 0.400. The highest BCUT2D eigenvalue weighted by Crippen LogP contribution is 2.36. The maximum absolute atomic E-state index is 12.8. The van der Waals surface area contributed by atoms with Crippen molar-refractivity contribution in [3.05, 3.63) is 48.2 Å². The summed E-state index contributed by atoms with van der Waals surface area (Å²) in [6.07, 6.45) is 1.75. The second-order valence-electron chi connectivity index (χ2n) is 7.18. The molecule has 2 aliphatic heterocycles. The van der Waals surface area contributed by atoms with Gasteiger partial charge in [0.15, 0.2) is 0 Å². The van der Waals surface area contributed by atoms with Gasteiger partial charge in [0, 0.05) is 37.9 Å². The number of nitrogens with zero attached hydrogens (tertiary/aromatic N) is 3. The normalized spacial score (nSPS) is 22.6. The lowest BCUT2D eigenvalue weighted by Gasteiger charge is -2.33. The molecule has 4 rings (SSSR count). The Hall–Kier alpha value is -2.60. The second-order valence-corrected chi connectivity index (χ2v) is 7.18. The highest BCUT2D eigenvalue weighted by molar-refractivity contribution is 5.98. The van der Waals surface area contributed by atoms with Crippen molar-refractivity contribution >= 4 is 23.1 Å². The summed E-state index contributed by atoms with van der Waals surface area (Å²) in [5.74, 6) is 0.782. The van der Waals surface area contributed by atoms with Gasteiger partial charge in [-0.15, -0.1) is 0 Å². The summed E-state index contributed by atoms with van der Waals surface area (Å²) in [5, 5.41) is 6.41. The molecule has 2 aromatic rings. The van der Waals surface area contributed by atoms with Gasteiger partial charge < -0.3 is 20.4 Å². The molecule has 0 bridgehead atoms. The number of para-hydroxylation sites is 1. The molecule has 6 nitrogen and oxygen atoms in total. The molecule has 2 atom stereocenters. The highest BCUT2D eigenvalue weighted by Gasteiger charge is 2.34. The first-order valence-corrected chi connectivity index (χ1v) is 9.18. The van der Waals surface area contributed by atoms with E-state index >= 15 is 0 Å². The van der Waals surface area contributed by atoms with Crippen LogP contribution in [0.3, 0.4) is 0 Å². The molecule has 1 saturated heterocycles. The molecule has 26 heavy (non-hydrogen) atoms. The van der Waals surface area contributed by atoms with Crippen LogP contribution in [0.2, 0.25) is 0 Å². The number of carbonyl (C=O) groups excluding carboxylic acids is 1. The molecule has 0 radical (unpaired) electrons. The van der Waals surface area contributed by atoms with Crippen molar-refractivity contribution in [2.45, 2.75) is 18.9 Å². The van der Waals surface area contributed by atoms with Crippen LogP contribution in [0.25, 0.3) is 0 Å². The number of nitrogens with one attached hydrogen (secondary N) is 2. The Morgan fingerprint density at radius 1 is 1.15 bits per heavy atom. The largest absolute Gasteiger partial charge is 0.381 e. The van der Waals surface area contributed by atoms with Crippen molar-refractivity contribution in [2.75, 3.05) is 48.8 Å². The summed E-state index contributed by atoms with van der Waals surface area (Å²) in [6, 6.07) is 12.0. The van der Waals surface area contributed by atoms with E-state index < -0.39 is 0 Å². The second kappa shape index (κ2) is 6.96. The van der Waals surface area contributed by atoms with Crippen LogP contribution < -0.4 is 15.5 Å². The SMILES string of the molecule is CC1Nc2ccccc2C1C(=O)Nc1ccc(N2CCN(C)CC2)nc1. The van der Waals surface area contributed by atoms with Gasteiger partial charge in [-0.1, -0.05) is 18.2 Å².